The van der Waals surface area contributed by atoms with Gasteiger partial charge in [0.15, 0.2) is 0 Å². The van der Waals surface area contributed by atoms with Gasteiger partial charge in [0.25, 0.3) is 5.56 Å². The van der Waals surface area contributed by atoms with Crippen LogP contribution >= 0.6 is 0 Å². The van der Waals surface area contributed by atoms with Crippen LogP contribution in [0.2, 0.25) is 0 Å². The van der Waals surface area contributed by atoms with Crippen molar-refractivity contribution in [3.05, 3.63) is 55.2 Å². The molecule has 0 unspecified atom stereocenters. The summed E-state index contributed by atoms with van der Waals surface area (Å²) in [7, 11) is 0. The van der Waals surface area contributed by atoms with Crippen LogP contribution in [-0.2, 0) is 0 Å². The maximum Gasteiger partial charge on any atom is 0.335 e. The summed E-state index contributed by atoms with van der Waals surface area (Å²) in [6.45, 7) is 9.54. The van der Waals surface area contributed by atoms with E-state index in [9.17, 15) is 14.7 Å². The van der Waals surface area contributed by atoms with Crippen molar-refractivity contribution in [3.63, 3.8) is 0 Å². The van der Waals surface area contributed by atoms with E-state index in [0.29, 0.717) is 12.2 Å². The standard InChI is InChI=1S/C21H28N4O3/c1-14-11-15(2)18(16(3)12-14)25-20(27)17(19(26)23-21(25)28)13-22-7-10-24-8-5-4-6-9-24/h11-13,27H,4-10H2,1-3H3,(H,23,26,28)/p+1. The second-order valence-corrected chi connectivity index (χ2v) is 7.68. The molecule has 0 bridgehead atoms. The molecule has 2 heterocycles. The van der Waals surface area contributed by atoms with Gasteiger partial charge in [-0.3, -0.25) is 14.8 Å². The van der Waals surface area contributed by atoms with Gasteiger partial charge in [-0.1, -0.05) is 17.7 Å². The zero-order valence-electron chi connectivity index (χ0n) is 16.8. The summed E-state index contributed by atoms with van der Waals surface area (Å²) in [6.07, 6.45) is 5.18. The quantitative estimate of drug-likeness (QED) is 0.660. The number of hydrogen-bond donors (Lipinski definition) is 3. The van der Waals surface area contributed by atoms with E-state index in [4.69, 9.17) is 0 Å². The monoisotopic (exact) mass is 385 g/mol. The molecule has 150 valence electrons. The third kappa shape index (κ3) is 4.25. The summed E-state index contributed by atoms with van der Waals surface area (Å²) in [5.74, 6) is -0.377. The molecule has 0 atom stereocenters. The Hall–Kier alpha value is -2.67. The zero-order chi connectivity index (χ0) is 20.3. The van der Waals surface area contributed by atoms with E-state index >= 15 is 0 Å². The predicted octanol–water partition coefficient (Wildman–Crippen LogP) is 0.644. The van der Waals surface area contributed by atoms with Crippen molar-refractivity contribution in [2.45, 2.75) is 40.0 Å². The highest BCUT2D eigenvalue weighted by Crippen LogP contribution is 2.23. The molecule has 0 amide bonds. The summed E-state index contributed by atoms with van der Waals surface area (Å²) in [5, 5.41) is 10.7. The van der Waals surface area contributed by atoms with Crippen molar-refractivity contribution in [1.82, 2.24) is 9.55 Å². The van der Waals surface area contributed by atoms with E-state index in [1.165, 1.54) is 30.4 Å². The summed E-state index contributed by atoms with van der Waals surface area (Å²) >= 11 is 0. The van der Waals surface area contributed by atoms with Crippen LogP contribution in [0.25, 0.3) is 5.69 Å². The average molecular weight is 385 g/mol. The van der Waals surface area contributed by atoms with Gasteiger partial charge < -0.3 is 10.0 Å². The maximum absolute atomic E-state index is 12.4. The highest BCUT2D eigenvalue weighted by Gasteiger charge is 2.18. The molecule has 1 aliphatic heterocycles. The number of rotatable bonds is 5. The Balaban J connectivity index is 1.91. The number of nitrogens with zero attached hydrogens (tertiary/aromatic N) is 2. The van der Waals surface area contributed by atoms with E-state index < -0.39 is 11.2 Å². The van der Waals surface area contributed by atoms with Crippen molar-refractivity contribution in [3.8, 4) is 11.6 Å². The first-order chi connectivity index (χ1) is 13.4. The lowest BCUT2D eigenvalue weighted by Crippen LogP contribution is -3.13. The van der Waals surface area contributed by atoms with Gasteiger partial charge in [-0.15, -0.1) is 0 Å². The van der Waals surface area contributed by atoms with Crippen LogP contribution in [0.1, 0.15) is 41.5 Å². The van der Waals surface area contributed by atoms with Gasteiger partial charge in [0, 0.05) is 6.21 Å². The molecule has 1 aliphatic rings. The predicted molar refractivity (Wildman–Crippen MR) is 110 cm³/mol. The molecule has 0 saturated carbocycles. The van der Waals surface area contributed by atoms with Crippen molar-refractivity contribution in [1.29, 1.82) is 0 Å². The van der Waals surface area contributed by atoms with Crippen molar-refractivity contribution in [2.75, 3.05) is 26.2 Å². The molecule has 3 rings (SSSR count). The van der Waals surface area contributed by atoms with Crippen molar-refractivity contribution >= 4 is 6.21 Å². The third-order valence-electron chi connectivity index (χ3n) is 5.36. The molecular weight excluding hydrogens is 356 g/mol. The molecule has 3 N–H and O–H groups in total. The molecule has 28 heavy (non-hydrogen) atoms. The van der Waals surface area contributed by atoms with Gasteiger partial charge in [0.2, 0.25) is 5.88 Å². The molecule has 1 aromatic carbocycles. The lowest BCUT2D eigenvalue weighted by molar-refractivity contribution is -0.903. The molecule has 7 heteroatoms. The largest absolute Gasteiger partial charge is 0.493 e. The van der Waals surface area contributed by atoms with Gasteiger partial charge in [-0.05, 0) is 51.2 Å². The van der Waals surface area contributed by atoms with Crippen LogP contribution in [-0.4, -0.2) is 47.1 Å². The van der Waals surface area contributed by atoms with Gasteiger partial charge in [-0.25, -0.2) is 9.36 Å². The Morgan fingerprint density at radius 3 is 2.43 bits per heavy atom. The molecular formula is C21H29N4O3+. The Bertz CT molecular complexity index is 975. The zero-order valence-corrected chi connectivity index (χ0v) is 16.8. The lowest BCUT2D eigenvalue weighted by atomic mass is 10.0. The van der Waals surface area contributed by atoms with Crippen LogP contribution in [0.3, 0.4) is 0 Å². The Morgan fingerprint density at radius 2 is 1.79 bits per heavy atom. The minimum Gasteiger partial charge on any atom is -0.493 e. The summed E-state index contributed by atoms with van der Waals surface area (Å²) < 4.78 is 1.16. The minimum atomic E-state index is -0.660. The van der Waals surface area contributed by atoms with Crippen LogP contribution < -0.4 is 16.1 Å². The number of quaternary nitrogens is 1. The fourth-order valence-corrected chi connectivity index (χ4v) is 4.07. The fourth-order valence-electron chi connectivity index (χ4n) is 4.07. The van der Waals surface area contributed by atoms with E-state index in [-0.39, 0.29) is 11.4 Å². The molecule has 1 aromatic heterocycles. The number of aryl methyl sites for hydroxylation is 3. The normalized spacial score (nSPS) is 15.4. The van der Waals surface area contributed by atoms with Crippen molar-refractivity contribution in [2.24, 2.45) is 4.99 Å². The smallest absolute Gasteiger partial charge is 0.335 e. The SMILES string of the molecule is Cc1cc(C)c(-n2c(O)c(C=NCC[NH+]3CCCCC3)c(=O)[nH]c2=O)c(C)c1. The van der Waals surface area contributed by atoms with E-state index in [1.54, 1.807) is 0 Å². The first kappa shape index (κ1) is 20.1. The molecule has 1 saturated heterocycles. The number of aromatic hydroxyl groups is 1. The second kappa shape index (κ2) is 8.56. The highest BCUT2D eigenvalue weighted by atomic mass is 16.3. The lowest BCUT2D eigenvalue weighted by Gasteiger charge is -2.22. The van der Waals surface area contributed by atoms with Crippen LogP contribution in [0.5, 0.6) is 5.88 Å². The Labute approximate surface area is 164 Å². The number of aromatic amines is 1. The number of aromatic nitrogens is 2. The van der Waals surface area contributed by atoms with Gasteiger partial charge in [-0.2, -0.15) is 0 Å². The number of H-pyrrole nitrogens is 1. The second-order valence-electron chi connectivity index (χ2n) is 7.68. The van der Waals surface area contributed by atoms with Crippen LogP contribution in [0, 0.1) is 20.8 Å². The number of hydrogen-bond acceptors (Lipinski definition) is 4. The Kier molecular flexibility index (Phi) is 6.14. The molecule has 1 fully saturated rings. The average Bonchev–Trinajstić information content (AvgIpc) is 2.63. The molecule has 0 spiro atoms. The summed E-state index contributed by atoms with van der Waals surface area (Å²) in [5.41, 5.74) is 2.06. The van der Waals surface area contributed by atoms with E-state index in [1.807, 2.05) is 32.9 Å². The third-order valence-corrected chi connectivity index (χ3v) is 5.36. The molecule has 2 aromatic rings. The summed E-state index contributed by atoms with van der Waals surface area (Å²) in [6, 6.07) is 3.88. The molecule has 0 radical (unpaired) electrons. The van der Waals surface area contributed by atoms with E-state index in [2.05, 4.69) is 9.98 Å². The summed E-state index contributed by atoms with van der Waals surface area (Å²) in [4.78, 5) is 32.8. The number of likely N-dealkylation sites (tertiary alicyclic amines) is 1. The maximum atomic E-state index is 12.4. The fraction of sp³-hybridized carbons (Fsp3) is 0.476. The number of nitrogens with one attached hydrogen (secondary N) is 2. The first-order valence-electron chi connectivity index (χ1n) is 9.88. The van der Waals surface area contributed by atoms with Crippen LogP contribution in [0.15, 0.2) is 26.7 Å². The first-order valence-corrected chi connectivity index (χ1v) is 9.88. The van der Waals surface area contributed by atoms with Gasteiger partial charge >= 0.3 is 5.69 Å². The number of aliphatic imine (C=N–C) groups is 1. The van der Waals surface area contributed by atoms with Gasteiger partial charge in [0.05, 0.1) is 31.9 Å². The topological polar surface area (TPSA) is 91.9 Å². The van der Waals surface area contributed by atoms with Crippen molar-refractivity contribution < 1.29 is 10.0 Å². The molecule has 7 nitrogen and oxygen atoms in total. The molecule has 0 aliphatic carbocycles. The minimum absolute atomic E-state index is 0.00705. The number of piperidine rings is 1. The van der Waals surface area contributed by atoms with Gasteiger partial charge in [0.1, 0.15) is 5.56 Å². The Morgan fingerprint density at radius 1 is 1.14 bits per heavy atom. The van der Waals surface area contributed by atoms with Crippen LogP contribution in [0.4, 0.5) is 0 Å². The van der Waals surface area contributed by atoms with E-state index in [0.717, 1.165) is 40.9 Å². The number of benzene rings is 1. The highest BCUT2D eigenvalue weighted by molar-refractivity contribution is 5.82.